The molecule has 1 atom stereocenters. The fourth-order valence-electron chi connectivity index (χ4n) is 4.64. The maximum atomic E-state index is 12.1. The first kappa shape index (κ1) is 40.4. The maximum Gasteiger partial charge on any atom is 0.345 e. The number of carboxylic acid groups (broad SMARTS) is 1. The molecular formula is C39H64O4. The third-order valence-electron chi connectivity index (χ3n) is 7.23. The molecule has 0 bridgehead atoms. The summed E-state index contributed by atoms with van der Waals surface area (Å²) in [4.78, 5) is 23.6. The van der Waals surface area contributed by atoms with Gasteiger partial charge in [-0.1, -0.05) is 164 Å². The van der Waals surface area contributed by atoms with E-state index >= 15 is 0 Å². The second-order valence-electron chi connectivity index (χ2n) is 11.3. The predicted molar refractivity (Wildman–Crippen MR) is 185 cm³/mol. The lowest BCUT2D eigenvalue weighted by molar-refractivity contribution is -0.164. The van der Waals surface area contributed by atoms with Crippen LogP contribution < -0.4 is 0 Å². The van der Waals surface area contributed by atoms with E-state index in [1.807, 2.05) is 12.2 Å². The molecule has 0 radical (unpaired) electrons. The van der Waals surface area contributed by atoms with Gasteiger partial charge in [-0.25, -0.2) is 4.79 Å². The summed E-state index contributed by atoms with van der Waals surface area (Å²) < 4.78 is 5.25. The minimum atomic E-state index is -1.04. The fraction of sp³-hybridized carbons (Fsp3) is 0.641. The highest BCUT2D eigenvalue weighted by molar-refractivity contribution is 5.78. The molecule has 43 heavy (non-hydrogen) atoms. The standard InChI is InChI=1S/C39H64O4/c1-3-5-7-9-11-13-15-17-18-19-20-21-22-24-26-28-30-32-34-36-38(40)43-37(39(41)42)35-33-31-29-27-25-23-16-14-12-10-8-6-4-2/h5,7,11,13,17-18,20-21,24,26,30,32,37H,3-4,6,8-10,12,14-16,19,22-23,25,27-29,31,33-36H2,1-2H3,(H,41,42)/b7-5-,13-11-,18-17-,21-20-,26-24-,32-30-. The van der Waals surface area contributed by atoms with Crippen molar-refractivity contribution in [3.05, 3.63) is 72.9 Å². The van der Waals surface area contributed by atoms with Crippen LogP contribution in [-0.2, 0) is 14.3 Å². The summed E-state index contributed by atoms with van der Waals surface area (Å²) in [6, 6.07) is 0. The van der Waals surface area contributed by atoms with Crippen molar-refractivity contribution in [2.75, 3.05) is 0 Å². The quantitative estimate of drug-likeness (QED) is 0.0509. The molecule has 1 N–H and O–H groups in total. The molecule has 0 saturated heterocycles. The molecule has 4 nitrogen and oxygen atoms in total. The Balaban J connectivity index is 3.78. The zero-order valence-electron chi connectivity index (χ0n) is 27.7. The molecule has 1 unspecified atom stereocenters. The predicted octanol–water partition coefficient (Wildman–Crippen LogP) is 11.9. The number of allylic oxidation sites excluding steroid dienone is 12. The van der Waals surface area contributed by atoms with Crippen molar-refractivity contribution in [1.82, 2.24) is 0 Å². The summed E-state index contributed by atoms with van der Waals surface area (Å²) >= 11 is 0. The molecule has 0 fully saturated rings. The first-order valence-electron chi connectivity index (χ1n) is 17.4. The van der Waals surface area contributed by atoms with Gasteiger partial charge in [0.15, 0.2) is 6.10 Å². The van der Waals surface area contributed by atoms with Gasteiger partial charge in [-0.3, -0.25) is 4.79 Å². The van der Waals surface area contributed by atoms with Gasteiger partial charge in [0.1, 0.15) is 0 Å². The molecule has 0 heterocycles. The number of carbonyl (C=O) groups is 2. The smallest absolute Gasteiger partial charge is 0.345 e. The van der Waals surface area contributed by atoms with Crippen LogP contribution >= 0.6 is 0 Å². The lowest BCUT2D eigenvalue weighted by Gasteiger charge is -2.13. The lowest BCUT2D eigenvalue weighted by atomic mass is 10.0. The number of rotatable bonds is 30. The summed E-state index contributed by atoms with van der Waals surface area (Å²) in [5.74, 6) is -1.47. The van der Waals surface area contributed by atoms with Crippen LogP contribution in [0.4, 0.5) is 0 Å². The van der Waals surface area contributed by atoms with Crippen LogP contribution in [-0.4, -0.2) is 23.1 Å². The number of ether oxygens (including phenoxy) is 1. The summed E-state index contributed by atoms with van der Waals surface area (Å²) in [5, 5.41) is 9.44. The van der Waals surface area contributed by atoms with E-state index in [0.717, 1.165) is 57.8 Å². The van der Waals surface area contributed by atoms with Gasteiger partial charge in [-0.2, -0.15) is 0 Å². The molecule has 0 aliphatic carbocycles. The van der Waals surface area contributed by atoms with Crippen LogP contribution in [0.5, 0.6) is 0 Å². The van der Waals surface area contributed by atoms with E-state index in [1.165, 1.54) is 64.2 Å². The second-order valence-corrected chi connectivity index (χ2v) is 11.3. The van der Waals surface area contributed by atoms with Crippen LogP contribution in [0.2, 0.25) is 0 Å². The Hall–Kier alpha value is -2.62. The zero-order valence-corrected chi connectivity index (χ0v) is 27.7. The Morgan fingerprint density at radius 3 is 1.30 bits per heavy atom. The normalized spacial score (nSPS) is 13.2. The lowest BCUT2D eigenvalue weighted by Crippen LogP contribution is -2.26. The fourth-order valence-corrected chi connectivity index (χ4v) is 4.64. The van der Waals surface area contributed by atoms with E-state index in [1.54, 1.807) is 0 Å². The monoisotopic (exact) mass is 596 g/mol. The SMILES string of the molecule is CC/C=C\C/C=C\C/C=C\C/C=C\C/C=C\C/C=C\CCC(=O)OC(CCCCCCCCCCCCCCC)C(=O)O. The Kier molecular flexibility index (Phi) is 31.8. The van der Waals surface area contributed by atoms with Gasteiger partial charge in [0, 0.05) is 6.42 Å². The molecule has 244 valence electrons. The molecule has 4 heteroatoms. The number of esters is 1. The number of hydrogen-bond acceptors (Lipinski definition) is 3. The number of unbranched alkanes of at least 4 members (excludes halogenated alkanes) is 12. The molecular weight excluding hydrogens is 532 g/mol. The Labute approximate surface area is 265 Å². The van der Waals surface area contributed by atoms with Gasteiger partial charge in [-0.05, 0) is 57.8 Å². The molecule has 0 aromatic carbocycles. The molecule has 0 aromatic rings. The van der Waals surface area contributed by atoms with Crippen molar-refractivity contribution in [2.24, 2.45) is 0 Å². The van der Waals surface area contributed by atoms with Gasteiger partial charge < -0.3 is 9.84 Å². The van der Waals surface area contributed by atoms with Crippen LogP contribution in [0, 0.1) is 0 Å². The number of hydrogen-bond donors (Lipinski definition) is 1. The van der Waals surface area contributed by atoms with E-state index < -0.39 is 18.0 Å². The topological polar surface area (TPSA) is 63.6 Å². The van der Waals surface area contributed by atoms with Gasteiger partial charge >= 0.3 is 11.9 Å². The Morgan fingerprint density at radius 2 is 0.907 bits per heavy atom. The highest BCUT2D eigenvalue weighted by atomic mass is 16.6. The largest absolute Gasteiger partial charge is 0.479 e. The first-order chi connectivity index (χ1) is 21.1. The highest BCUT2D eigenvalue weighted by Gasteiger charge is 2.21. The number of aliphatic carboxylic acids is 1. The van der Waals surface area contributed by atoms with E-state index in [2.05, 4.69) is 74.6 Å². The third-order valence-corrected chi connectivity index (χ3v) is 7.23. The van der Waals surface area contributed by atoms with E-state index in [-0.39, 0.29) is 6.42 Å². The second kappa shape index (κ2) is 33.9. The van der Waals surface area contributed by atoms with Crippen molar-refractivity contribution < 1.29 is 19.4 Å². The van der Waals surface area contributed by atoms with Crippen molar-refractivity contribution in [2.45, 2.75) is 161 Å². The number of carboxylic acids is 1. The molecule has 0 rings (SSSR count). The first-order valence-corrected chi connectivity index (χ1v) is 17.4. The van der Waals surface area contributed by atoms with Gasteiger partial charge in [-0.15, -0.1) is 0 Å². The third kappa shape index (κ3) is 32.1. The average molecular weight is 597 g/mol. The molecule has 0 spiro atoms. The van der Waals surface area contributed by atoms with Gasteiger partial charge in [0.25, 0.3) is 0 Å². The maximum absolute atomic E-state index is 12.1. The Bertz CT molecular complexity index is 815. The summed E-state index contributed by atoms with van der Waals surface area (Å²) in [6.45, 7) is 4.40. The van der Waals surface area contributed by atoms with Crippen molar-refractivity contribution in [3.8, 4) is 0 Å². The Morgan fingerprint density at radius 1 is 0.535 bits per heavy atom. The van der Waals surface area contributed by atoms with Crippen molar-refractivity contribution >= 4 is 11.9 Å². The van der Waals surface area contributed by atoms with Crippen molar-refractivity contribution in [3.63, 3.8) is 0 Å². The summed E-state index contributed by atoms with van der Waals surface area (Å²) in [7, 11) is 0. The van der Waals surface area contributed by atoms with Crippen LogP contribution in [0.3, 0.4) is 0 Å². The van der Waals surface area contributed by atoms with Crippen LogP contribution in [0.25, 0.3) is 0 Å². The van der Waals surface area contributed by atoms with E-state index in [0.29, 0.717) is 12.8 Å². The zero-order chi connectivity index (χ0) is 31.5. The van der Waals surface area contributed by atoms with Crippen LogP contribution in [0.1, 0.15) is 155 Å². The minimum Gasteiger partial charge on any atom is -0.479 e. The highest BCUT2D eigenvalue weighted by Crippen LogP contribution is 2.14. The molecule has 0 aliphatic heterocycles. The number of carbonyl (C=O) groups excluding carboxylic acids is 1. The van der Waals surface area contributed by atoms with Crippen LogP contribution in [0.15, 0.2) is 72.9 Å². The summed E-state index contributed by atoms with van der Waals surface area (Å²) in [6.07, 6.45) is 47.9. The van der Waals surface area contributed by atoms with Gasteiger partial charge in [0.05, 0.1) is 0 Å². The summed E-state index contributed by atoms with van der Waals surface area (Å²) in [5.41, 5.74) is 0. The molecule has 0 amide bonds. The molecule has 0 aliphatic rings. The average Bonchev–Trinajstić information content (AvgIpc) is 3.00. The minimum absolute atomic E-state index is 0.213. The van der Waals surface area contributed by atoms with E-state index in [4.69, 9.17) is 4.74 Å². The van der Waals surface area contributed by atoms with Crippen molar-refractivity contribution in [1.29, 1.82) is 0 Å². The van der Waals surface area contributed by atoms with Gasteiger partial charge in [0.2, 0.25) is 0 Å². The van der Waals surface area contributed by atoms with E-state index in [9.17, 15) is 14.7 Å². The molecule has 0 saturated carbocycles. The molecule has 0 aromatic heterocycles.